The summed E-state index contributed by atoms with van der Waals surface area (Å²) in [5, 5.41) is 5.86. The number of carbonyl (C=O) groups excluding carboxylic acids is 1. The van der Waals surface area contributed by atoms with Gasteiger partial charge in [0.15, 0.2) is 5.69 Å². The number of carbonyl (C=O) groups is 1. The summed E-state index contributed by atoms with van der Waals surface area (Å²) in [7, 11) is 0. The molecule has 0 saturated heterocycles. The first-order valence-electron chi connectivity index (χ1n) is 5.75. The number of rotatable bonds is 4. The second kappa shape index (κ2) is 5.46. The van der Waals surface area contributed by atoms with E-state index in [-0.39, 0.29) is 18.3 Å². The zero-order valence-electron chi connectivity index (χ0n) is 11.0. The highest BCUT2D eigenvalue weighted by molar-refractivity contribution is 5.96. The molecule has 1 aromatic heterocycles. The Balaban J connectivity index is 3.34. The van der Waals surface area contributed by atoms with Crippen LogP contribution in [0.3, 0.4) is 0 Å². The fraction of sp³-hybridized carbons (Fsp3) is 0.500. The number of nitrogens with zero attached hydrogens (tertiary/aromatic N) is 2. The second-order valence-electron chi connectivity index (χ2n) is 4.34. The largest absolute Gasteiger partial charge is 0.435 e. The molecular formula is C12H16F3N3O. The predicted molar refractivity (Wildman–Crippen MR) is 64.9 cm³/mol. The third-order valence-corrected chi connectivity index (χ3v) is 2.54. The van der Waals surface area contributed by atoms with Crippen LogP contribution >= 0.6 is 0 Å². The molecule has 1 N–H and O–H groups in total. The van der Waals surface area contributed by atoms with Crippen LogP contribution in [0.5, 0.6) is 0 Å². The van der Waals surface area contributed by atoms with Gasteiger partial charge in [0.25, 0.3) is 5.91 Å². The fourth-order valence-electron chi connectivity index (χ4n) is 1.74. The molecule has 0 aliphatic rings. The van der Waals surface area contributed by atoms with E-state index in [2.05, 4.69) is 17.0 Å². The maximum absolute atomic E-state index is 12.9. The molecule has 0 atom stereocenters. The Morgan fingerprint density at radius 2 is 2.11 bits per heavy atom. The average molecular weight is 275 g/mol. The van der Waals surface area contributed by atoms with E-state index in [1.165, 1.54) is 17.7 Å². The van der Waals surface area contributed by atoms with Gasteiger partial charge in [-0.1, -0.05) is 6.08 Å². The van der Waals surface area contributed by atoms with E-state index in [4.69, 9.17) is 0 Å². The number of alkyl halides is 3. The molecule has 1 heterocycles. The summed E-state index contributed by atoms with van der Waals surface area (Å²) in [4.78, 5) is 11.8. The molecule has 0 unspecified atom stereocenters. The lowest BCUT2D eigenvalue weighted by atomic mass is 10.1. The molecule has 106 valence electrons. The van der Waals surface area contributed by atoms with Crippen LogP contribution in [-0.4, -0.2) is 22.2 Å². The van der Waals surface area contributed by atoms with E-state index in [9.17, 15) is 18.0 Å². The Bertz CT molecular complexity index is 489. The number of amides is 1. The Morgan fingerprint density at radius 3 is 2.53 bits per heavy atom. The third-order valence-electron chi connectivity index (χ3n) is 2.54. The van der Waals surface area contributed by atoms with Crippen LogP contribution in [0, 0.1) is 6.92 Å². The Labute approximate surface area is 109 Å². The maximum atomic E-state index is 12.9. The quantitative estimate of drug-likeness (QED) is 0.859. The highest BCUT2D eigenvalue weighted by atomic mass is 19.4. The van der Waals surface area contributed by atoms with Crippen LogP contribution in [0.2, 0.25) is 0 Å². The average Bonchev–Trinajstić information content (AvgIpc) is 2.63. The van der Waals surface area contributed by atoms with Gasteiger partial charge in [-0.3, -0.25) is 9.48 Å². The van der Waals surface area contributed by atoms with Gasteiger partial charge in [-0.15, -0.1) is 6.58 Å². The molecule has 19 heavy (non-hydrogen) atoms. The normalized spacial score (nSPS) is 11.7. The molecule has 0 aliphatic carbocycles. The summed E-state index contributed by atoms with van der Waals surface area (Å²) in [5.74, 6) is -0.795. The monoisotopic (exact) mass is 275 g/mol. The van der Waals surface area contributed by atoms with E-state index in [0.29, 0.717) is 0 Å². The van der Waals surface area contributed by atoms with Crippen LogP contribution in [0.4, 0.5) is 13.2 Å². The molecule has 0 saturated carbocycles. The summed E-state index contributed by atoms with van der Waals surface area (Å²) in [5.41, 5.74) is -1.38. The Hall–Kier alpha value is -1.79. The van der Waals surface area contributed by atoms with E-state index in [1.807, 2.05) is 0 Å². The van der Waals surface area contributed by atoms with Crippen molar-refractivity contribution in [2.24, 2.45) is 0 Å². The van der Waals surface area contributed by atoms with Crippen molar-refractivity contribution < 1.29 is 18.0 Å². The lowest BCUT2D eigenvalue weighted by Crippen LogP contribution is -2.26. The molecule has 0 fully saturated rings. The lowest BCUT2D eigenvalue weighted by molar-refractivity contribution is -0.141. The zero-order valence-corrected chi connectivity index (χ0v) is 11.0. The van der Waals surface area contributed by atoms with Crippen LogP contribution in [0.25, 0.3) is 0 Å². The maximum Gasteiger partial charge on any atom is 0.435 e. The first-order valence-corrected chi connectivity index (χ1v) is 5.75. The highest BCUT2D eigenvalue weighted by Gasteiger charge is 2.40. The summed E-state index contributed by atoms with van der Waals surface area (Å²) in [6.07, 6.45) is -3.26. The van der Waals surface area contributed by atoms with E-state index in [1.54, 1.807) is 13.8 Å². The highest BCUT2D eigenvalue weighted by Crippen LogP contribution is 2.33. The molecule has 1 aromatic rings. The lowest BCUT2D eigenvalue weighted by Gasteiger charge is -2.08. The SMILES string of the molecule is C=CCNC(=O)c1c(C(F)(F)F)nn(C(C)C)c1C. The number of hydrogen-bond acceptors (Lipinski definition) is 2. The van der Waals surface area contributed by atoms with Gasteiger partial charge < -0.3 is 5.32 Å². The minimum absolute atomic E-state index is 0.0996. The van der Waals surface area contributed by atoms with Crippen molar-refractivity contribution in [3.05, 3.63) is 29.6 Å². The van der Waals surface area contributed by atoms with Crippen LogP contribution < -0.4 is 5.32 Å². The second-order valence-corrected chi connectivity index (χ2v) is 4.34. The molecule has 0 radical (unpaired) electrons. The minimum atomic E-state index is -4.66. The molecule has 4 nitrogen and oxygen atoms in total. The Morgan fingerprint density at radius 1 is 1.53 bits per heavy atom. The van der Waals surface area contributed by atoms with Crippen LogP contribution in [0.15, 0.2) is 12.7 Å². The summed E-state index contributed by atoms with van der Waals surface area (Å²) in [6.45, 7) is 8.34. The van der Waals surface area contributed by atoms with Gasteiger partial charge in [-0.05, 0) is 20.8 Å². The van der Waals surface area contributed by atoms with E-state index < -0.39 is 23.3 Å². The van der Waals surface area contributed by atoms with Gasteiger partial charge in [-0.25, -0.2) is 0 Å². The smallest absolute Gasteiger partial charge is 0.348 e. The molecule has 0 spiro atoms. The van der Waals surface area contributed by atoms with E-state index >= 15 is 0 Å². The standard InChI is InChI=1S/C12H16F3N3O/c1-5-6-16-11(19)9-8(4)18(7(2)3)17-10(9)12(13,14)15/h5,7H,1,6H2,2-4H3,(H,16,19). The third kappa shape index (κ3) is 3.15. The molecule has 0 bridgehead atoms. The van der Waals surface area contributed by atoms with Crippen molar-refractivity contribution in [3.63, 3.8) is 0 Å². The van der Waals surface area contributed by atoms with Gasteiger partial charge >= 0.3 is 6.18 Å². The predicted octanol–water partition coefficient (Wildman–Crippen LogP) is 2.71. The number of hydrogen-bond donors (Lipinski definition) is 1. The van der Waals surface area contributed by atoms with Crippen molar-refractivity contribution in [2.45, 2.75) is 33.0 Å². The molecular weight excluding hydrogens is 259 g/mol. The van der Waals surface area contributed by atoms with Crippen molar-refractivity contribution >= 4 is 5.91 Å². The van der Waals surface area contributed by atoms with E-state index in [0.717, 1.165) is 0 Å². The van der Waals surface area contributed by atoms with Crippen molar-refractivity contribution in [1.29, 1.82) is 0 Å². The Kier molecular flexibility index (Phi) is 4.39. The van der Waals surface area contributed by atoms with Gasteiger partial charge in [-0.2, -0.15) is 18.3 Å². The topological polar surface area (TPSA) is 46.9 Å². The van der Waals surface area contributed by atoms with Gasteiger partial charge in [0.05, 0.1) is 5.56 Å². The number of halogens is 3. The summed E-state index contributed by atoms with van der Waals surface area (Å²) < 4.78 is 39.9. The van der Waals surface area contributed by atoms with Gasteiger partial charge in [0.2, 0.25) is 0 Å². The minimum Gasteiger partial charge on any atom is -0.348 e. The number of aromatic nitrogens is 2. The van der Waals surface area contributed by atoms with Crippen molar-refractivity contribution in [3.8, 4) is 0 Å². The van der Waals surface area contributed by atoms with Crippen molar-refractivity contribution in [1.82, 2.24) is 15.1 Å². The zero-order chi connectivity index (χ0) is 14.8. The summed E-state index contributed by atoms with van der Waals surface area (Å²) in [6, 6.07) is -0.262. The molecule has 0 aliphatic heterocycles. The molecule has 0 aromatic carbocycles. The van der Waals surface area contributed by atoms with Crippen LogP contribution in [-0.2, 0) is 6.18 Å². The van der Waals surface area contributed by atoms with Gasteiger partial charge in [0.1, 0.15) is 0 Å². The van der Waals surface area contributed by atoms with Gasteiger partial charge in [0, 0.05) is 18.3 Å². The molecule has 1 amide bonds. The molecule has 1 rings (SSSR count). The summed E-state index contributed by atoms with van der Waals surface area (Å²) >= 11 is 0. The molecule has 7 heteroatoms. The van der Waals surface area contributed by atoms with Crippen LogP contribution in [0.1, 0.15) is 41.6 Å². The van der Waals surface area contributed by atoms with Crippen molar-refractivity contribution in [2.75, 3.05) is 6.54 Å². The fourth-order valence-corrected chi connectivity index (χ4v) is 1.74. The first kappa shape index (κ1) is 15.3. The first-order chi connectivity index (χ1) is 8.70. The number of nitrogens with one attached hydrogen (secondary N) is 1.